The van der Waals surface area contributed by atoms with E-state index < -0.39 is 46.9 Å². The molecule has 2 amide bonds. The van der Waals surface area contributed by atoms with Crippen molar-refractivity contribution >= 4 is 29.1 Å². The van der Waals surface area contributed by atoms with E-state index in [0.29, 0.717) is 17.0 Å². The number of carbonyl (C=O) groups is 4. The van der Waals surface area contributed by atoms with Crippen LogP contribution in [0.15, 0.2) is 78.9 Å². The molecular weight excluding hydrogens is 434 g/mol. The fourth-order valence-electron chi connectivity index (χ4n) is 5.46. The van der Waals surface area contributed by atoms with E-state index >= 15 is 0 Å². The predicted molar refractivity (Wildman–Crippen MR) is 121 cm³/mol. The Morgan fingerprint density at radius 2 is 1.44 bits per heavy atom. The van der Waals surface area contributed by atoms with E-state index in [4.69, 9.17) is 9.47 Å². The Kier molecular flexibility index (Phi) is 4.34. The molecule has 1 aliphatic carbocycles. The third-order valence-corrected chi connectivity index (χ3v) is 6.96. The Balaban J connectivity index is 1.54. The molecule has 3 aliphatic rings. The summed E-state index contributed by atoms with van der Waals surface area (Å²) in [7, 11) is 1.49. The Labute approximate surface area is 194 Å². The van der Waals surface area contributed by atoms with Gasteiger partial charge in [-0.3, -0.25) is 19.2 Å². The van der Waals surface area contributed by atoms with Gasteiger partial charge >= 0.3 is 0 Å². The number of imide groups is 1. The smallest absolute Gasteiger partial charge is 0.241 e. The quantitative estimate of drug-likeness (QED) is 0.446. The van der Waals surface area contributed by atoms with Crippen molar-refractivity contribution in [1.82, 2.24) is 0 Å². The monoisotopic (exact) mass is 453 g/mol. The highest BCUT2D eigenvalue weighted by molar-refractivity contribution is 6.37. The van der Waals surface area contributed by atoms with Crippen LogP contribution in [-0.4, -0.2) is 36.1 Å². The highest BCUT2D eigenvalue weighted by Gasteiger charge is 2.74. The zero-order chi connectivity index (χ0) is 23.6. The molecule has 1 spiro atoms. The van der Waals surface area contributed by atoms with Crippen LogP contribution in [0, 0.1) is 11.8 Å². The molecule has 3 atom stereocenters. The molecule has 0 aromatic heterocycles. The lowest BCUT2D eigenvalue weighted by atomic mass is 9.77. The minimum atomic E-state index is -2.07. The molecule has 6 rings (SSSR count). The lowest BCUT2D eigenvalue weighted by Crippen LogP contribution is -2.51. The lowest BCUT2D eigenvalue weighted by molar-refractivity contribution is -0.127. The maximum Gasteiger partial charge on any atom is 0.241 e. The lowest BCUT2D eigenvalue weighted by Gasteiger charge is -2.27. The second kappa shape index (κ2) is 7.20. The van der Waals surface area contributed by atoms with Gasteiger partial charge in [-0.2, -0.15) is 0 Å². The molecule has 2 heterocycles. The van der Waals surface area contributed by atoms with E-state index in [2.05, 4.69) is 0 Å². The van der Waals surface area contributed by atoms with Crippen molar-refractivity contribution in [2.75, 3.05) is 12.0 Å². The van der Waals surface area contributed by atoms with Crippen molar-refractivity contribution in [2.45, 2.75) is 11.7 Å². The summed E-state index contributed by atoms with van der Waals surface area (Å²) in [6.45, 7) is 0. The zero-order valence-electron chi connectivity index (χ0n) is 18.1. The Morgan fingerprint density at radius 1 is 0.794 bits per heavy atom. The zero-order valence-corrected chi connectivity index (χ0v) is 18.1. The van der Waals surface area contributed by atoms with Gasteiger partial charge in [0, 0.05) is 17.2 Å². The van der Waals surface area contributed by atoms with Crippen molar-refractivity contribution in [3.8, 4) is 5.75 Å². The molecule has 2 aliphatic heterocycles. The third kappa shape index (κ3) is 2.50. The fraction of sp³-hybridized carbons (Fsp3) is 0.185. The SMILES string of the molecule is COc1cccc(N2C(=O)[C@@H]3[C@H](c4ccccc4)OC4(C(=O)c5ccccc5C4=O)[C@H]3C2=O)c1. The number of anilines is 1. The van der Waals surface area contributed by atoms with Crippen molar-refractivity contribution in [2.24, 2.45) is 11.8 Å². The first-order chi connectivity index (χ1) is 16.5. The molecule has 3 aromatic carbocycles. The first-order valence-corrected chi connectivity index (χ1v) is 10.9. The van der Waals surface area contributed by atoms with Gasteiger partial charge in [-0.15, -0.1) is 0 Å². The van der Waals surface area contributed by atoms with Crippen LogP contribution in [0.25, 0.3) is 0 Å². The van der Waals surface area contributed by atoms with Crippen molar-refractivity contribution in [1.29, 1.82) is 0 Å². The number of ether oxygens (including phenoxy) is 2. The molecule has 7 heteroatoms. The number of ketones is 2. The molecule has 0 N–H and O–H groups in total. The number of amides is 2. The largest absolute Gasteiger partial charge is 0.497 e. The Morgan fingerprint density at radius 3 is 2.09 bits per heavy atom. The number of hydrogen-bond acceptors (Lipinski definition) is 6. The van der Waals surface area contributed by atoms with Crippen molar-refractivity contribution in [3.63, 3.8) is 0 Å². The van der Waals surface area contributed by atoms with Gasteiger partial charge in [0.1, 0.15) is 5.75 Å². The highest BCUT2D eigenvalue weighted by Crippen LogP contribution is 2.57. The summed E-state index contributed by atoms with van der Waals surface area (Å²) in [5, 5.41) is 0. The van der Waals surface area contributed by atoms with Crippen LogP contribution in [0.4, 0.5) is 5.69 Å². The van der Waals surface area contributed by atoms with Crippen LogP contribution in [0.3, 0.4) is 0 Å². The van der Waals surface area contributed by atoms with E-state index in [1.807, 2.05) is 6.07 Å². The minimum Gasteiger partial charge on any atom is -0.497 e. The number of hydrogen-bond donors (Lipinski definition) is 0. The molecule has 0 saturated carbocycles. The molecule has 7 nitrogen and oxygen atoms in total. The van der Waals surface area contributed by atoms with Gasteiger partial charge in [-0.1, -0.05) is 60.7 Å². The average molecular weight is 453 g/mol. The number of carbonyl (C=O) groups excluding carboxylic acids is 4. The molecule has 3 aromatic rings. The molecule has 2 saturated heterocycles. The third-order valence-electron chi connectivity index (χ3n) is 6.96. The van der Waals surface area contributed by atoms with Crippen molar-refractivity contribution in [3.05, 3.63) is 95.6 Å². The van der Waals surface area contributed by atoms with Crippen LogP contribution >= 0.6 is 0 Å². The maximum absolute atomic E-state index is 13.9. The van der Waals surface area contributed by atoms with Crippen LogP contribution in [0.1, 0.15) is 32.4 Å². The summed E-state index contributed by atoms with van der Waals surface area (Å²) >= 11 is 0. The standard InChI is InChI=1S/C27H19NO6/c1-33-17-11-7-10-16(14-17)28-25(31)20-21(26(28)32)27(34-22(20)15-8-3-2-4-9-15)23(29)18-12-5-6-13-19(18)24(27)30/h2-14,20-22H,1H3/t20-,21+,22-/m0/s1. The number of methoxy groups -OCH3 is 1. The van der Waals surface area contributed by atoms with Gasteiger partial charge in [-0.25, -0.2) is 4.90 Å². The van der Waals surface area contributed by atoms with Crippen LogP contribution < -0.4 is 9.64 Å². The number of fused-ring (bicyclic) bond motifs is 3. The second-order valence-electron chi connectivity index (χ2n) is 8.61. The fourth-order valence-corrected chi connectivity index (χ4v) is 5.46. The van der Waals surface area contributed by atoms with E-state index in [1.165, 1.54) is 7.11 Å². The first-order valence-electron chi connectivity index (χ1n) is 10.9. The van der Waals surface area contributed by atoms with Gasteiger partial charge in [0.05, 0.1) is 30.7 Å². The predicted octanol–water partition coefficient (Wildman–Crippen LogP) is 3.39. The summed E-state index contributed by atoms with van der Waals surface area (Å²) in [5.41, 5.74) is -0.712. The molecule has 0 bridgehead atoms. The van der Waals surface area contributed by atoms with E-state index in [1.54, 1.807) is 72.8 Å². The van der Waals surface area contributed by atoms with Gasteiger partial charge in [-0.05, 0) is 17.7 Å². The first kappa shape index (κ1) is 20.5. The number of nitrogens with zero attached hydrogens (tertiary/aromatic N) is 1. The summed E-state index contributed by atoms with van der Waals surface area (Å²) in [5.74, 6) is -4.11. The minimum absolute atomic E-state index is 0.208. The maximum atomic E-state index is 13.9. The molecular formula is C27H19NO6. The van der Waals surface area contributed by atoms with Gasteiger partial charge in [0.2, 0.25) is 29.0 Å². The number of benzene rings is 3. The van der Waals surface area contributed by atoms with Crippen molar-refractivity contribution < 1.29 is 28.7 Å². The van der Waals surface area contributed by atoms with Crippen LogP contribution in [0.5, 0.6) is 5.75 Å². The summed E-state index contributed by atoms with van der Waals surface area (Å²) in [6.07, 6.45) is -0.930. The Hall–Kier alpha value is -4.10. The molecule has 0 radical (unpaired) electrons. The highest BCUT2D eigenvalue weighted by atomic mass is 16.5. The molecule has 2 fully saturated rings. The van der Waals surface area contributed by atoms with E-state index in [9.17, 15) is 19.2 Å². The molecule has 34 heavy (non-hydrogen) atoms. The molecule has 0 unspecified atom stereocenters. The number of Topliss-reactive ketones (excluding diaryl/α,β-unsaturated/α-hetero) is 2. The second-order valence-corrected chi connectivity index (χ2v) is 8.61. The van der Waals surface area contributed by atoms with Gasteiger partial charge in [0.25, 0.3) is 0 Å². The topological polar surface area (TPSA) is 90.0 Å². The number of rotatable bonds is 3. The van der Waals surface area contributed by atoms with Crippen LogP contribution in [-0.2, 0) is 14.3 Å². The van der Waals surface area contributed by atoms with E-state index in [-0.39, 0.29) is 11.1 Å². The average Bonchev–Trinajstić information content (AvgIpc) is 3.44. The summed E-state index contributed by atoms with van der Waals surface area (Å²) < 4.78 is 11.5. The summed E-state index contributed by atoms with van der Waals surface area (Å²) in [6, 6.07) is 21.9. The normalized spacial score (nSPS) is 24.6. The molecule has 168 valence electrons. The summed E-state index contributed by atoms with van der Waals surface area (Å²) in [4.78, 5) is 56.1. The Bertz CT molecular complexity index is 1350. The van der Waals surface area contributed by atoms with Gasteiger partial charge in [0.15, 0.2) is 0 Å². The van der Waals surface area contributed by atoms with Gasteiger partial charge < -0.3 is 9.47 Å². The van der Waals surface area contributed by atoms with Crippen LogP contribution in [0.2, 0.25) is 0 Å². The van der Waals surface area contributed by atoms with E-state index in [0.717, 1.165) is 4.90 Å².